The summed E-state index contributed by atoms with van der Waals surface area (Å²) in [6.07, 6.45) is 9.55. The molecule has 0 bridgehead atoms. The van der Waals surface area contributed by atoms with Gasteiger partial charge in [0.25, 0.3) is 0 Å². The van der Waals surface area contributed by atoms with Crippen LogP contribution in [0.2, 0.25) is 0 Å². The van der Waals surface area contributed by atoms with E-state index >= 15 is 0 Å². The van der Waals surface area contributed by atoms with E-state index in [4.69, 9.17) is 4.74 Å². The summed E-state index contributed by atoms with van der Waals surface area (Å²) in [4.78, 5) is 2.61. The summed E-state index contributed by atoms with van der Waals surface area (Å²) >= 11 is 0. The number of hydrogen-bond acceptors (Lipinski definition) is 3. The average Bonchev–Trinajstić information content (AvgIpc) is 2.45. The highest BCUT2D eigenvalue weighted by Gasteiger charge is 2.27. The van der Waals surface area contributed by atoms with Crippen molar-refractivity contribution in [2.75, 3.05) is 32.8 Å². The van der Waals surface area contributed by atoms with E-state index in [-0.39, 0.29) is 5.54 Å². The third kappa shape index (κ3) is 9.12. The molecule has 0 aromatic heterocycles. The highest BCUT2D eigenvalue weighted by molar-refractivity contribution is 4.82. The Hall–Kier alpha value is -0.120. The second kappa shape index (κ2) is 9.89. The van der Waals surface area contributed by atoms with Crippen LogP contribution in [-0.4, -0.2) is 48.8 Å². The molecule has 0 amide bonds. The summed E-state index contributed by atoms with van der Waals surface area (Å²) in [5, 5.41) is 3.56. The zero-order chi connectivity index (χ0) is 16.5. The van der Waals surface area contributed by atoms with Gasteiger partial charge in [-0.1, -0.05) is 32.1 Å². The molecule has 132 valence electrons. The first-order valence-electron chi connectivity index (χ1n) is 9.39. The molecule has 1 rings (SSSR count). The minimum absolute atomic E-state index is 0.269. The predicted octanol–water partition coefficient (Wildman–Crippen LogP) is 4.22. The number of ether oxygens (including phenoxy) is 1. The van der Waals surface area contributed by atoms with Gasteiger partial charge in [-0.3, -0.25) is 4.90 Å². The molecule has 0 spiro atoms. The van der Waals surface area contributed by atoms with Crippen LogP contribution in [-0.2, 0) is 4.74 Å². The normalized spacial score (nSPS) is 17.9. The van der Waals surface area contributed by atoms with Gasteiger partial charge in [0.15, 0.2) is 0 Å². The van der Waals surface area contributed by atoms with Crippen molar-refractivity contribution in [3.63, 3.8) is 0 Å². The monoisotopic (exact) mass is 312 g/mol. The molecule has 3 nitrogen and oxygen atoms in total. The molecule has 0 aliphatic carbocycles. The van der Waals surface area contributed by atoms with Crippen molar-refractivity contribution in [2.45, 2.75) is 90.6 Å². The van der Waals surface area contributed by atoms with Crippen molar-refractivity contribution >= 4 is 0 Å². The maximum atomic E-state index is 5.46. The van der Waals surface area contributed by atoms with E-state index in [1.54, 1.807) is 0 Å². The van der Waals surface area contributed by atoms with E-state index in [1.807, 2.05) is 0 Å². The maximum Gasteiger partial charge on any atom is 0.0594 e. The smallest absolute Gasteiger partial charge is 0.0594 e. The molecular formula is C19H40N2O. The van der Waals surface area contributed by atoms with Crippen molar-refractivity contribution in [1.82, 2.24) is 10.2 Å². The summed E-state index contributed by atoms with van der Waals surface area (Å²) in [6.45, 7) is 16.7. The molecular weight excluding hydrogens is 272 g/mol. The van der Waals surface area contributed by atoms with E-state index in [0.717, 1.165) is 32.8 Å². The summed E-state index contributed by atoms with van der Waals surface area (Å²) in [5.74, 6) is 0. The van der Waals surface area contributed by atoms with Gasteiger partial charge in [0.05, 0.1) is 13.2 Å². The third-order valence-corrected chi connectivity index (χ3v) is 4.74. The van der Waals surface area contributed by atoms with E-state index < -0.39 is 0 Å². The number of morpholine rings is 1. The Morgan fingerprint density at radius 2 is 1.36 bits per heavy atom. The van der Waals surface area contributed by atoms with Crippen molar-refractivity contribution in [3.8, 4) is 0 Å². The number of rotatable bonds is 10. The first kappa shape index (κ1) is 19.9. The van der Waals surface area contributed by atoms with Crippen LogP contribution < -0.4 is 5.32 Å². The van der Waals surface area contributed by atoms with Crippen LogP contribution in [0.25, 0.3) is 0 Å². The molecule has 1 heterocycles. The lowest BCUT2D eigenvalue weighted by Crippen LogP contribution is -2.49. The second-order valence-electron chi connectivity index (χ2n) is 8.46. The fourth-order valence-electron chi connectivity index (χ4n) is 3.18. The molecule has 0 aromatic rings. The number of hydrogen-bond donors (Lipinski definition) is 1. The molecule has 0 unspecified atom stereocenters. The molecule has 1 N–H and O–H groups in total. The Balaban J connectivity index is 1.96. The standard InChI is InChI=1S/C19H40N2O/c1-18(2,3)20-13-11-9-7-6-8-10-12-19(4,5)21-14-16-22-17-15-21/h20H,6-17H2,1-5H3. The molecule has 1 aliphatic heterocycles. The Labute approximate surface area is 139 Å². The van der Waals surface area contributed by atoms with E-state index in [9.17, 15) is 0 Å². The van der Waals surface area contributed by atoms with Crippen LogP contribution in [0.5, 0.6) is 0 Å². The van der Waals surface area contributed by atoms with Gasteiger partial charge in [-0.05, 0) is 54.0 Å². The zero-order valence-corrected chi connectivity index (χ0v) is 15.8. The molecule has 1 saturated heterocycles. The highest BCUT2D eigenvalue weighted by atomic mass is 16.5. The molecule has 22 heavy (non-hydrogen) atoms. The Morgan fingerprint density at radius 3 is 1.95 bits per heavy atom. The summed E-state index contributed by atoms with van der Waals surface area (Å²) in [5.41, 5.74) is 0.617. The molecule has 1 fully saturated rings. The lowest BCUT2D eigenvalue weighted by molar-refractivity contribution is -0.0135. The van der Waals surface area contributed by atoms with Gasteiger partial charge in [-0.2, -0.15) is 0 Å². The summed E-state index contributed by atoms with van der Waals surface area (Å²) < 4.78 is 5.46. The summed E-state index contributed by atoms with van der Waals surface area (Å²) in [6, 6.07) is 0. The van der Waals surface area contributed by atoms with Crippen molar-refractivity contribution in [3.05, 3.63) is 0 Å². The van der Waals surface area contributed by atoms with Gasteiger partial charge in [-0.25, -0.2) is 0 Å². The molecule has 0 radical (unpaired) electrons. The fourth-order valence-corrected chi connectivity index (χ4v) is 3.18. The minimum atomic E-state index is 0.269. The molecule has 1 aliphatic rings. The number of nitrogens with zero attached hydrogens (tertiary/aromatic N) is 1. The van der Waals surface area contributed by atoms with Crippen LogP contribution in [0, 0.1) is 0 Å². The molecule has 0 atom stereocenters. The van der Waals surface area contributed by atoms with Gasteiger partial charge in [-0.15, -0.1) is 0 Å². The molecule has 0 aromatic carbocycles. The lowest BCUT2D eigenvalue weighted by atomic mass is 9.93. The number of nitrogens with one attached hydrogen (secondary N) is 1. The van der Waals surface area contributed by atoms with Gasteiger partial charge in [0.1, 0.15) is 0 Å². The van der Waals surface area contributed by atoms with Gasteiger partial charge >= 0.3 is 0 Å². The van der Waals surface area contributed by atoms with Crippen LogP contribution >= 0.6 is 0 Å². The Kier molecular flexibility index (Phi) is 8.96. The van der Waals surface area contributed by atoms with E-state index in [0.29, 0.717) is 5.54 Å². The lowest BCUT2D eigenvalue weighted by Gasteiger charge is -2.41. The van der Waals surface area contributed by atoms with E-state index in [1.165, 1.54) is 44.9 Å². The van der Waals surface area contributed by atoms with Gasteiger partial charge in [0, 0.05) is 24.2 Å². The zero-order valence-electron chi connectivity index (χ0n) is 15.8. The minimum Gasteiger partial charge on any atom is -0.379 e. The highest BCUT2D eigenvalue weighted by Crippen LogP contribution is 2.23. The van der Waals surface area contributed by atoms with Gasteiger partial charge < -0.3 is 10.1 Å². The Bertz CT molecular complexity index is 278. The van der Waals surface area contributed by atoms with Crippen LogP contribution in [0.4, 0.5) is 0 Å². The van der Waals surface area contributed by atoms with Crippen LogP contribution in [0.3, 0.4) is 0 Å². The van der Waals surface area contributed by atoms with Crippen molar-refractivity contribution < 1.29 is 4.74 Å². The Morgan fingerprint density at radius 1 is 0.818 bits per heavy atom. The first-order chi connectivity index (χ1) is 10.3. The largest absolute Gasteiger partial charge is 0.379 e. The average molecular weight is 313 g/mol. The third-order valence-electron chi connectivity index (χ3n) is 4.74. The van der Waals surface area contributed by atoms with Crippen molar-refractivity contribution in [1.29, 1.82) is 0 Å². The first-order valence-corrected chi connectivity index (χ1v) is 9.39. The molecule has 3 heteroatoms. The van der Waals surface area contributed by atoms with E-state index in [2.05, 4.69) is 44.8 Å². The number of unbranched alkanes of at least 4 members (excludes halogenated alkanes) is 5. The fraction of sp³-hybridized carbons (Fsp3) is 1.00. The SMILES string of the molecule is CC(C)(C)NCCCCCCCCC(C)(C)N1CCOCC1. The quantitative estimate of drug-likeness (QED) is 0.611. The van der Waals surface area contributed by atoms with Crippen molar-refractivity contribution in [2.24, 2.45) is 0 Å². The van der Waals surface area contributed by atoms with Gasteiger partial charge in [0.2, 0.25) is 0 Å². The van der Waals surface area contributed by atoms with Crippen LogP contribution in [0.1, 0.15) is 79.6 Å². The predicted molar refractivity (Wildman–Crippen MR) is 96.5 cm³/mol. The second-order valence-corrected chi connectivity index (χ2v) is 8.46. The topological polar surface area (TPSA) is 24.5 Å². The summed E-state index contributed by atoms with van der Waals surface area (Å²) in [7, 11) is 0. The van der Waals surface area contributed by atoms with Crippen LogP contribution in [0.15, 0.2) is 0 Å². The maximum absolute atomic E-state index is 5.46. The molecule has 0 saturated carbocycles.